The zero-order valence-corrected chi connectivity index (χ0v) is 16.6. The minimum absolute atomic E-state index is 0.0480. The Bertz CT molecular complexity index is 759. The predicted octanol–water partition coefficient (Wildman–Crippen LogP) is 3.56. The molecule has 138 valence electrons. The quantitative estimate of drug-likeness (QED) is 0.758. The van der Waals surface area contributed by atoms with Gasteiger partial charge in [-0.15, -0.1) is 11.8 Å². The topological polar surface area (TPSA) is 49.4 Å². The Morgan fingerprint density at radius 2 is 1.77 bits per heavy atom. The van der Waals surface area contributed by atoms with Crippen LogP contribution in [0, 0.1) is 13.8 Å². The molecule has 0 aliphatic rings. The van der Waals surface area contributed by atoms with E-state index in [1.165, 1.54) is 17.3 Å². The standard InChI is InChI=1S/C21H26N2O2S/c1-15-8-10-19(11-9-15)26-14-20(24)23(17(3)21(25)22-4)13-18-7-5-6-16(2)12-18/h5-12,17H,13-14H2,1-4H3,(H,22,25). The second kappa shape index (κ2) is 9.43. The van der Waals surface area contributed by atoms with Crippen LogP contribution in [0.4, 0.5) is 0 Å². The van der Waals surface area contributed by atoms with E-state index in [1.54, 1.807) is 18.9 Å². The van der Waals surface area contributed by atoms with E-state index in [4.69, 9.17) is 0 Å². The number of likely N-dealkylation sites (N-methyl/N-ethyl adjacent to an activating group) is 1. The monoisotopic (exact) mass is 370 g/mol. The molecule has 0 heterocycles. The molecule has 4 nitrogen and oxygen atoms in total. The molecular formula is C21H26N2O2S. The van der Waals surface area contributed by atoms with Crippen LogP contribution < -0.4 is 5.32 Å². The van der Waals surface area contributed by atoms with Crippen LogP contribution in [0.25, 0.3) is 0 Å². The largest absolute Gasteiger partial charge is 0.357 e. The van der Waals surface area contributed by atoms with E-state index in [0.717, 1.165) is 16.0 Å². The number of carbonyl (C=O) groups is 2. The summed E-state index contributed by atoms with van der Waals surface area (Å²) in [5.74, 6) is 0.0930. The van der Waals surface area contributed by atoms with Crippen molar-refractivity contribution in [1.82, 2.24) is 10.2 Å². The number of amides is 2. The summed E-state index contributed by atoms with van der Waals surface area (Å²) in [5, 5.41) is 2.64. The van der Waals surface area contributed by atoms with Crippen molar-refractivity contribution in [3.8, 4) is 0 Å². The SMILES string of the molecule is CNC(=O)C(C)N(Cc1cccc(C)c1)C(=O)CSc1ccc(C)cc1. The fourth-order valence-corrected chi connectivity index (χ4v) is 3.45. The lowest BCUT2D eigenvalue weighted by molar-refractivity contribution is -0.138. The fraction of sp³-hybridized carbons (Fsp3) is 0.333. The Hall–Kier alpha value is -2.27. The third-order valence-electron chi connectivity index (χ3n) is 4.23. The summed E-state index contributed by atoms with van der Waals surface area (Å²) in [6.45, 7) is 6.24. The van der Waals surface area contributed by atoms with Crippen LogP contribution in [0.5, 0.6) is 0 Å². The van der Waals surface area contributed by atoms with Gasteiger partial charge in [0.05, 0.1) is 5.75 Å². The lowest BCUT2D eigenvalue weighted by atomic mass is 10.1. The van der Waals surface area contributed by atoms with Gasteiger partial charge in [0.2, 0.25) is 11.8 Å². The average Bonchev–Trinajstić information content (AvgIpc) is 2.64. The van der Waals surface area contributed by atoms with E-state index >= 15 is 0 Å². The number of carbonyl (C=O) groups excluding carboxylic acids is 2. The zero-order valence-electron chi connectivity index (χ0n) is 15.8. The molecule has 2 rings (SSSR count). The Labute approximate surface area is 160 Å². The van der Waals surface area contributed by atoms with Gasteiger partial charge in [-0.3, -0.25) is 9.59 Å². The van der Waals surface area contributed by atoms with E-state index in [2.05, 4.69) is 5.32 Å². The summed E-state index contributed by atoms with van der Waals surface area (Å²) in [7, 11) is 1.59. The molecule has 2 aromatic carbocycles. The van der Waals surface area contributed by atoms with Crippen LogP contribution in [-0.4, -0.2) is 35.6 Å². The van der Waals surface area contributed by atoms with Crippen LogP contribution in [0.2, 0.25) is 0 Å². The minimum Gasteiger partial charge on any atom is -0.357 e. The van der Waals surface area contributed by atoms with Crippen LogP contribution in [0.3, 0.4) is 0 Å². The smallest absolute Gasteiger partial charge is 0.242 e. The molecule has 1 atom stereocenters. The van der Waals surface area contributed by atoms with E-state index in [1.807, 2.05) is 62.4 Å². The number of rotatable bonds is 7. The van der Waals surface area contributed by atoms with Crippen molar-refractivity contribution in [2.45, 2.75) is 38.3 Å². The number of hydrogen-bond acceptors (Lipinski definition) is 3. The Kier molecular flexibility index (Phi) is 7.27. The maximum Gasteiger partial charge on any atom is 0.242 e. The number of thioether (sulfide) groups is 1. The van der Waals surface area contributed by atoms with E-state index in [-0.39, 0.29) is 11.8 Å². The van der Waals surface area contributed by atoms with Crippen LogP contribution in [0.1, 0.15) is 23.6 Å². The summed E-state index contributed by atoms with van der Waals surface area (Å²) in [4.78, 5) is 27.7. The van der Waals surface area contributed by atoms with Gasteiger partial charge >= 0.3 is 0 Å². The highest BCUT2D eigenvalue weighted by molar-refractivity contribution is 8.00. The first-order valence-corrected chi connectivity index (χ1v) is 9.65. The molecule has 0 radical (unpaired) electrons. The van der Waals surface area contributed by atoms with E-state index in [0.29, 0.717) is 12.3 Å². The van der Waals surface area contributed by atoms with Gasteiger partial charge in [-0.2, -0.15) is 0 Å². The van der Waals surface area contributed by atoms with Gasteiger partial charge in [0.25, 0.3) is 0 Å². The van der Waals surface area contributed by atoms with Gasteiger partial charge in [0.1, 0.15) is 6.04 Å². The minimum atomic E-state index is -0.522. The third-order valence-corrected chi connectivity index (χ3v) is 5.23. The van der Waals surface area contributed by atoms with Crippen molar-refractivity contribution >= 4 is 23.6 Å². The number of aryl methyl sites for hydroxylation is 2. The Morgan fingerprint density at radius 3 is 2.38 bits per heavy atom. The Morgan fingerprint density at radius 1 is 1.08 bits per heavy atom. The third kappa shape index (κ3) is 5.63. The molecule has 2 aromatic rings. The number of nitrogens with zero attached hydrogens (tertiary/aromatic N) is 1. The summed E-state index contributed by atoms with van der Waals surface area (Å²) in [6, 6.07) is 15.6. The highest BCUT2D eigenvalue weighted by Gasteiger charge is 2.25. The summed E-state index contributed by atoms with van der Waals surface area (Å²) < 4.78 is 0. The molecule has 0 saturated carbocycles. The van der Waals surface area contributed by atoms with Crippen molar-refractivity contribution in [2.24, 2.45) is 0 Å². The first-order chi connectivity index (χ1) is 12.4. The summed E-state index contributed by atoms with van der Waals surface area (Å²) in [6.07, 6.45) is 0. The highest BCUT2D eigenvalue weighted by Crippen LogP contribution is 2.20. The van der Waals surface area contributed by atoms with Crippen LogP contribution in [0.15, 0.2) is 53.4 Å². The highest BCUT2D eigenvalue weighted by atomic mass is 32.2. The maximum absolute atomic E-state index is 12.9. The normalized spacial score (nSPS) is 11.7. The van der Waals surface area contributed by atoms with Crippen molar-refractivity contribution < 1.29 is 9.59 Å². The molecule has 0 saturated heterocycles. The first-order valence-electron chi connectivity index (χ1n) is 8.66. The number of benzene rings is 2. The van der Waals surface area contributed by atoms with Gasteiger partial charge < -0.3 is 10.2 Å². The van der Waals surface area contributed by atoms with Gasteiger partial charge in [0.15, 0.2) is 0 Å². The molecule has 0 spiro atoms. The van der Waals surface area contributed by atoms with Crippen LogP contribution >= 0.6 is 11.8 Å². The van der Waals surface area contributed by atoms with Gasteiger partial charge in [-0.1, -0.05) is 47.5 Å². The molecular weight excluding hydrogens is 344 g/mol. The molecule has 1 N–H and O–H groups in total. The van der Waals surface area contributed by atoms with Crippen LogP contribution in [-0.2, 0) is 16.1 Å². The number of hydrogen-bond donors (Lipinski definition) is 1. The van der Waals surface area contributed by atoms with Crippen molar-refractivity contribution in [1.29, 1.82) is 0 Å². The summed E-state index contributed by atoms with van der Waals surface area (Å²) >= 11 is 1.49. The predicted molar refractivity (Wildman–Crippen MR) is 107 cm³/mol. The molecule has 0 fully saturated rings. The zero-order chi connectivity index (χ0) is 19.1. The molecule has 0 aromatic heterocycles. The fourth-order valence-electron chi connectivity index (χ4n) is 2.66. The summed E-state index contributed by atoms with van der Waals surface area (Å²) in [5.41, 5.74) is 3.35. The number of nitrogens with one attached hydrogen (secondary N) is 1. The van der Waals surface area contributed by atoms with Crippen molar-refractivity contribution in [2.75, 3.05) is 12.8 Å². The second-order valence-corrected chi connectivity index (χ2v) is 7.45. The van der Waals surface area contributed by atoms with Crippen molar-refractivity contribution in [3.05, 3.63) is 65.2 Å². The van der Waals surface area contributed by atoms with Gasteiger partial charge in [0, 0.05) is 18.5 Å². The second-order valence-electron chi connectivity index (χ2n) is 6.40. The first kappa shape index (κ1) is 20.0. The Balaban J connectivity index is 2.12. The van der Waals surface area contributed by atoms with E-state index in [9.17, 15) is 9.59 Å². The maximum atomic E-state index is 12.9. The molecule has 0 aliphatic carbocycles. The lowest BCUT2D eigenvalue weighted by Gasteiger charge is -2.28. The van der Waals surface area contributed by atoms with Crippen molar-refractivity contribution in [3.63, 3.8) is 0 Å². The van der Waals surface area contributed by atoms with E-state index < -0.39 is 6.04 Å². The molecule has 5 heteroatoms. The molecule has 0 aliphatic heterocycles. The molecule has 0 bridgehead atoms. The molecule has 2 amide bonds. The molecule has 26 heavy (non-hydrogen) atoms. The van der Waals surface area contributed by atoms with Gasteiger partial charge in [-0.25, -0.2) is 0 Å². The molecule has 1 unspecified atom stereocenters. The van der Waals surface area contributed by atoms with Gasteiger partial charge in [-0.05, 0) is 38.5 Å². The average molecular weight is 371 g/mol. The lowest BCUT2D eigenvalue weighted by Crippen LogP contribution is -2.47.